The van der Waals surface area contributed by atoms with Crippen LogP contribution >= 0.6 is 15.9 Å². The van der Waals surface area contributed by atoms with Crippen molar-refractivity contribution in [1.29, 1.82) is 0 Å². The molecule has 2 aromatic carbocycles. The summed E-state index contributed by atoms with van der Waals surface area (Å²) in [5, 5.41) is 0. The number of anilines is 1. The fourth-order valence-corrected chi connectivity index (χ4v) is 3.75. The van der Waals surface area contributed by atoms with Gasteiger partial charge in [-0.15, -0.1) is 0 Å². The van der Waals surface area contributed by atoms with Gasteiger partial charge in [0.25, 0.3) is 0 Å². The smallest absolute Gasteiger partial charge is 0.241 e. The number of nitrogens with two attached hydrogens (primary N) is 1. The van der Waals surface area contributed by atoms with Crippen LogP contribution in [0.1, 0.15) is 5.56 Å². The van der Waals surface area contributed by atoms with Crippen LogP contribution in [0.5, 0.6) is 0 Å². The molecular weight excluding hydrogens is 366 g/mol. The Labute approximate surface area is 129 Å². The zero-order chi connectivity index (χ0) is 15.6. The van der Waals surface area contributed by atoms with E-state index < -0.39 is 21.7 Å². The summed E-state index contributed by atoms with van der Waals surface area (Å²) in [5.74, 6) is -2.01. The monoisotopic (exact) mass is 376 g/mol. The van der Waals surface area contributed by atoms with Crippen molar-refractivity contribution in [2.45, 2.75) is 11.4 Å². The molecule has 2 rings (SSSR count). The highest BCUT2D eigenvalue weighted by atomic mass is 79.9. The van der Waals surface area contributed by atoms with Gasteiger partial charge in [0.2, 0.25) is 10.0 Å². The van der Waals surface area contributed by atoms with Gasteiger partial charge in [-0.25, -0.2) is 21.9 Å². The molecule has 0 atom stereocenters. The van der Waals surface area contributed by atoms with E-state index in [0.29, 0.717) is 15.7 Å². The fourth-order valence-electron chi connectivity index (χ4n) is 1.64. The highest BCUT2D eigenvalue weighted by Crippen LogP contribution is 2.24. The highest BCUT2D eigenvalue weighted by Gasteiger charge is 2.17. The van der Waals surface area contributed by atoms with Crippen LogP contribution in [0.15, 0.2) is 45.8 Å². The van der Waals surface area contributed by atoms with Gasteiger partial charge in [0.15, 0.2) is 11.6 Å². The summed E-state index contributed by atoms with van der Waals surface area (Å²) in [6.07, 6.45) is 0. The molecule has 0 aliphatic carbocycles. The molecule has 0 aliphatic heterocycles. The summed E-state index contributed by atoms with van der Waals surface area (Å²) in [6, 6.07) is 7.46. The second-order valence-electron chi connectivity index (χ2n) is 4.26. The Balaban J connectivity index is 2.19. The first-order valence-corrected chi connectivity index (χ1v) is 8.06. The molecule has 0 bridgehead atoms. The molecule has 0 radical (unpaired) electrons. The summed E-state index contributed by atoms with van der Waals surface area (Å²) in [4.78, 5) is 0.0132. The van der Waals surface area contributed by atoms with Gasteiger partial charge < -0.3 is 5.73 Å². The summed E-state index contributed by atoms with van der Waals surface area (Å²) in [5.41, 5.74) is 6.27. The highest BCUT2D eigenvalue weighted by molar-refractivity contribution is 9.10. The number of nitrogens with one attached hydrogen (secondary N) is 1. The van der Waals surface area contributed by atoms with Crippen LogP contribution in [0.2, 0.25) is 0 Å². The van der Waals surface area contributed by atoms with Crippen LogP contribution in [0.4, 0.5) is 14.5 Å². The fraction of sp³-hybridized carbons (Fsp3) is 0.0769. The predicted octanol–water partition coefficient (Wildman–Crippen LogP) is 2.79. The number of halogens is 3. The lowest BCUT2D eigenvalue weighted by Gasteiger charge is -2.09. The van der Waals surface area contributed by atoms with Crippen molar-refractivity contribution in [3.05, 3.63) is 58.1 Å². The van der Waals surface area contributed by atoms with Crippen molar-refractivity contribution in [1.82, 2.24) is 4.72 Å². The molecule has 0 amide bonds. The van der Waals surface area contributed by atoms with E-state index in [1.807, 2.05) is 0 Å². The molecule has 3 N–H and O–H groups in total. The number of rotatable bonds is 4. The molecule has 4 nitrogen and oxygen atoms in total. The SMILES string of the molecule is Nc1ccc(S(=O)(=O)NCc2ccc(F)c(F)c2)c(Br)c1. The van der Waals surface area contributed by atoms with Gasteiger partial charge in [-0.2, -0.15) is 0 Å². The Morgan fingerprint density at radius 3 is 2.43 bits per heavy atom. The molecule has 0 saturated heterocycles. The summed E-state index contributed by atoms with van der Waals surface area (Å²) in [7, 11) is -3.80. The first-order valence-electron chi connectivity index (χ1n) is 5.78. The van der Waals surface area contributed by atoms with Gasteiger partial charge in [-0.3, -0.25) is 0 Å². The zero-order valence-electron chi connectivity index (χ0n) is 10.6. The third-order valence-corrected chi connectivity index (χ3v) is 5.07. The third-order valence-electron chi connectivity index (χ3n) is 2.70. The number of hydrogen-bond donors (Lipinski definition) is 2. The Morgan fingerprint density at radius 1 is 1.10 bits per heavy atom. The van der Waals surface area contributed by atoms with E-state index in [0.717, 1.165) is 12.1 Å². The lowest BCUT2D eigenvalue weighted by atomic mass is 10.2. The lowest BCUT2D eigenvalue weighted by Crippen LogP contribution is -2.23. The molecule has 2 aromatic rings. The molecule has 8 heteroatoms. The van der Waals surface area contributed by atoms with Crippen molar-refractivity contribution in [2.24, 2.45) is 0 Å². The average molecular weight is 377 g/mol. The Kier molecular flexibility index (Phi) is 4.60. The first kappa shape index (κ1) is 15.9. The van der Waals surface area contributed by atoms with E-state index in [1.165, 1.54) is 24.3 Å². The standard InChI is InChI=1S/C13H11BrF2N2O2S/c14-10-6-9(17)2-4-13(10)21(19,20)18-7-8-1-3-11(15)12(16)5-8/h1-6,18H,7,17H2. The molecule has 0 spiro atoms. The van der Waals surface area contributed by atoms with Gasteiger partial charge in [-0.1, -0.05) is 6.07 Å². The van der Waals surface area contributed by atoms with E-state index >= 15 is 0 Å². The molecule has 0 heterocycles. The van der Waals surface area contributed by atoms with Gasteiger partial charge in [0.1, 0.15) is 0 Å². The molecule has 21 heavy (non-hydrogen) atoms. The minimum atomic E-state index is -3.80. The van der Waals surface area contributed by atoms with Crippen molar-refractivity contribution in [3.63, 3.8) is 0 Å². The van der Waals surface area contributed by atoms with E-state index in [-0.39, 0.29) is 11.4 Å². The van der Waals surface area contributed by atoms with E-state index in [1.54, 1.807) is 0 Å². The van der Waals surface area contributed by atoms with Gasteiger partial charge in [-0.05, 0) is 51.8 Å². The minimum Gasteiger partial charge on any atom is -0.399 e. The normalized spacial score (nSPS) is 11.6. The summed E-state index contributed by atoms with van der Waals surface area (Å²) in [6.45, 7) is -0.156. The quantitative estimate of drug-likeness (QED) is 0.805. The molecule has 112 valence electrons. The molecule has 0 unspecified atom stereocenters. The lowest BCUT2D eigenvalue weighted by molar-refractivity contribution is 0.506. The number of sulfonamides is 1. The summed E-state index contributed by atoms with van der Waals surface area (Å²) >= 11 is 3.12. The number of nitrogen functional groups attached to an aromatic ring is 1. The molecule has 0 saturated carbocycles. The Morgan fingerprint density at radius 2 is 1.81 bits per heavy atom. The number of benzene rings is 2. The average Bonchev–Trinajstić information content (AvgIpc) is 2.40. The van der Waals surface area contributed by atoms with Crippen molar-refractivity contribution in [3.8, 4) is 0 Å². The molecule has 0 aromatic heterocycles. The van der Waals surface area contributed by atoms with E-state index in [4.69, 9.17) is 5.73 Å². The summed E-state index contributed by atoms with van der Waals surface area (Å²) < 4.78 is 52.8. The maximum atomic E-state index is 13.1. The Bertz CT molecular complexity index is 782. The maximum Gasteiger partial charge on any atom is 0.241 e. The zero-order valence-corrected chi connectivity index (χ0v) is 13.0. The van der Waals surface area contributed by atoms with Gasteiger partial charge in [0.05, 0.1) is 4.90 Å². The van der Waals surface area contributed by atoms with Crippen LogP contribution in [0, 0.1) is 11.6 Å². The maximum absolute atomic E-state index is 13.1. The van der Waals surface area contributed by atoms with Crippen LogP contribution in [0.25, 0.3) is 0 Å². The van der Waals surface area contributed by atoms with Crippen LogP contribution in [-0.4, -0.2) is 8.42 Å². The topological polar surface area (TPSA) is 72.2 Å². The second-order valence-corrected chi connectivity index (χ2v) is 6.85. The van der Waals surface area contributed by atoms with Crippen LogP contribution in [0.3, 0.4) is 0 Å². The van der Waals surface area contributed by atoms with Crippen molar-refractivity contribution >= 4 is 31.6 Å². The number of hydrogen-bond acceptors (Lipinski definition) is 3. The predicted molar refractivity (Wildman–Crippen MR) is 78.9 cm³/mol. The molecular formula is C13H11BrF2N2O2S. The van der Waals surface area contributed by atoms with Gasteiger partial charge in [0, 0.05) is 16.7 Å². The van der Waals surface area contributed by atoms with E-state index in [9.17, 15) is 17.2 Å². The molecule has 0 fully saturated rings. The van der Waals surface area contributed by atoms with Crippen molar-refractivity contribution in [2.75, 3.05) is 5.73 Å². The third kappa shape index (κ3) is 3.78. The van der Waals surface area contributed by atoms with E-state index in [2.05, 4.69) is 20.7 Å². The molecule has 0 aliphatic rings. The second kappa shape index (κ2) is 6.08. The first-order chi connectivity index (χ1) is 9.79. The minimum absolute atomic E-state index is 0.0132. The largest absolute Gasteiger partial charge is 0.399 e. The van der Waals surface area contributed by atoms with Crippen LogP contribution < -0.4 is 10.5 Å². The van der Waals surface area contributed by atoms with Crippen LogP contribution in [-0.2, 0) is 16.6 Å². The Hall–Kier alpha value is -1.51. The van der Waals surface area contributed by atoms with Crippen molar-refractivity contribution < 1.29 is 17.2 Å². The van der Waals surface area contributed by atoms with Gasteiger partial charge >= 0.3 is 0 Å².